The summed E-state index contributed by atoms with van der Waals surface area (Å²) in [4.78, 5) is 6.09. The van der Waals surface area contributed by atoms with E-state index in [-0.39, 0.29) is 11.6 Å². The Hall–Kier alpha value is -2.47. The average Bonchev–Trinajstić information content (AvgIpc) is 2.61. The normalized spacial score (nSPS) is 11.7. The molecule has 26 heavy (non-hydrogen) atoms. The van der Waals surface area contributed by atoms with E-state index in [4.69, 9.17) is 0 Å². The molecule has 0 fully saturated rings. The van der Waals surface area contributed by atoms with Gasteiger partial charge in [0.2, 0.25) is 0 Å². The number of hydrogen-bond donors (Lipinski definition) is 2. The third-order valence-electron chi connectivity index (χ3n) is 3.92. The Labute approximate surface area is 153 Å². The molecule has 0 aliphatic heterocycles. The van der Waals surface area contributed by atoms with Crippen LogP contribution < -0.4 is 10.6 Å². The van der Waals surface area contributed by atoms with Crippen molar-refractivity contribution in [3.63, 3.8) is 0 Å². The number of benzene rings is 2. The lowest BCUT2D eigenvalue weighted by molar-refractivity contribution is 0.392. The second-order valence-corrected chi connectivity index (χ2v) is 6.36. The lowest BCUT2D eigenvalue weighted by Crippen LogP contribution is -2.38. The molecule has 0 saturated heterocycles. The summed E-state index contributed by atoms with van der Waals surface area (Å²) in [5, 5.41) is 6.36. The largest absolute Gasteiger partial charge is 0.356 e. The van der Waals surface area contributed by atoms with E-state index in [0.717, 1.165) is 5.56 Å². The fourth-order valence-corrected chi connectivity index (χ4v) is 2.62. The molecule has 0 bridgehead atoms. The zero-order valence-electron chi connectivity index (χ0n) is 15.5. The SMILES string of the molecule is CN=C(NCCc1ccccc1F)NCc1ccc(F)c(CN(C)C)c1. The molecule has 0 spiro atoms. The molecule has 0 aliphatic rings. The summed E-state index contributed by atoms with van der Waals surface area (Å²) >= 11 is 0. The van der Waals surface area contributed by atoms with Gasteiger partial charge in [0.05, 0.1) is 0 Å². The van der Waals surface area contributed by atoms with E-state index >= 15 is 0 Å². The lowest BCUT2D eigenvalue weighted by Gasteiger charge is -2.14. The second-order valence-electron chi connectivity index (χ2n) is 6.36. The van der Waals surface area contributed by atoms with Crippen LogP contribution in [0.2, 0.25) is 0 Å². The predicted octanol–water partition coefficient (Wildman–Crippen LogP) is 2.93. The van der Waals surface area contributed by atoms with Gasteiger partial charge in [0.1, 0.15) is 11.6 Å². The van der Waals surface area contributed by atoms with Crippen molar-refractivity contribution in [1.29, 1.82) is 0 Å². The Bertz CT molecular complexity index is 744. The predicted molar refractivity (Wildman–Crippen MR) is 102 cm³/mol. The van der Waals surface area contributed by atoms with Crippen LogP contribution in [0.25, 0.3) is 0 Å². The maximum Gasteiger partial charge on any atom is 0.191 e. The molecule has 0 aromatic heterocycles. The fourth-order valence-electron chi connectivity index (χ4n) is 2.62. The zero-order valence-corrected chi connectivity index (χ0v) is 15.5. The molecule has 0 saturated carbocycles. The van der Waals surface area contributed by atoms with Crippen LogP contribution in [0, 0.1) is 11.6 Å². The van der Waals surface area contributed by atoms with Gasteiger partial charge in [-0.05, 0) is 49.8 Å². The van der Waals surface area contributed by atoms with Gasteiger partial charge in [-0.3, -0.25) is 4.99 Å². The van der Waals surface area contributed by atoms with Crippen LogP contribution in [0.5, 0.6) is 0 Å². The van der Waals surface area contributed by atoms with E-state index in [1.807, 2.05) is 31.1 Å². The third kappa shape index (κ3) is 6.11. The molecule has 0 unspecified atom stereocenters. The molecule has 0 aliphatic carbocycles. The highest BCUT2D eigenvalue weighted by atomic mass is 19.1. The van der Waals surface area contributed by atoms with Crippen molar-refractivity contribution in [2.75, 3.05) is 27.7 Å². The quantitative estimate of drug-likeness (QED) is 0.589. The molecule has 6 heteroatoms. The third-order valence-corrected chi connectivity index (χ3v) is 3.92. The molecular weight excluding hydrogens is 334 g/mol. The topological polar surface area (TPSA) is 39.7 Å². The first-order valence-electron chi connectivity index (χ1n) is 8.59. The van der Waals surface area contributed by atoms with Crippen molar-refractivity contribution in [2.45, 2.75) is 19.5 Å². The highest BCUT2D eigenvalue weighted by molar-refractivity contribution is 5.79. The number of rotatable bonds is 7. The average molecular weight is 360 g/mol. The number of guanidine groups is 1. The summed E-state index contributed by atoms with van der Waals surface area (Å²) in [6, 6.07) is 11.8. The van der Waals surface area contributed by atoms with Gasteiger partial charge in [-0.15, -0.1) is 0 Å². The van der Waals surface area contributed by atoms with E-state index in [0.29, 0.717) is 43.1 Å². The van der Waals surface area contributed by atoms with Gasteiger partial charge in [0, 0.05) is 32.2 Å². The van der Waals surface area contributed by atoms with Gasteiger partial charge in [-0.2, -0.15) is 0 Å². The highest BCUT2D eigenvalue weighted by Gasteiger charge is 2.06. The van der Waals surface area contributed by atoms with Gasteiger partial charge in [-0.1, -0.05) is 24.3 Å². The summed E-state index contributed by atoms with van der Waals surface area (Å²) in [6.45, 7) is 1.64. The number of nitrogens with zero attached hydrogens (tertiary/aromatic N) is 2. The van der Waals surface area contributed by atoms with Gasteiger partial charge in [-0.25, -0.2) is 8.78 Å². The Kier molecular flexibility index (Phi) is 7.53. The van der Waals surface area contributed by atoms with E-state index in [1.165, 1.54) is 12.1 Å². The van der Waals surface area contributed by atoms with Crippen molar-refractivity contribution < 1.29 is 8.78 Å². The van der Waals surface area contributed by atoms with Crippen LogP contribution in [-0.2, 0) is 19.5 Å². The summed E-state index contributed by atoms with van der Waals surface area (Å²) in [7, 11) is 5.50. The van der Waals surface area contributed by atoms with Gasteiger partial charge < -0.3 is 15.5 Å². The molecule has 0 heterocycles. The van der Waals surface area contributed by atoms with Crippen LogP contribution >= 0.6 is 0 Å². The minimum absolute atomic E-state index is 0.197. The minimum atomic E-state index is -0.199. The van der Waals surface area contributed by atoms with Crippen LogP contribution in [0.4, 0.5) is 8.78 Å². The summed E-state index contributed by atoms with van der Waals surface area (Å²) < 4.78 is 27.5. The standard InChI is InChI=1S/C20H26F2N4/c1-23-20(24-11-10-16-6-4-5-7-18(16)21)25-13-15-8-9-19(22)17(12-15)14-26(2)3/h4-9,12H,10-11,13-14H2,1-3H3,(H2,23,24,25). The van der Waals surface area contributed by atoms with Crippen LogP contribution in [0.1, 0.15) is 16.7 Å². The second kappa shape index (κ2) is 9.87. The fraction of sp³-hybridized carbons (Fsp3) is 0.350. The van der Waals surface area contributed by atoms with E-state index in [2.05, 4.69) is 15.6 Å². The highest BCUT2D eigenvalue weighted by Crippen LogP contribution is 2.12. The molecular formula is C20H26F2N4. The van der Waals surface area contributed by atoms with Crippen molar-refractivity contribution in [1.82, 2.24) is 15.5 Å². The summed E-state index contributed by atoms with van der Waals surface area (Å²) in [5.41, 5.74) is 2.31. The van der Waals surface area contributed by atoms with Crippen molar-refractivity contribution >= 4 is 5.96 Å². The summed E-state index contributed by atoms with van der Waals surface area (Å²) in [6.07, 6.45) is 0.566. The van der Waals surface area contributed by atoms with Crippen molar-refractivity contribution in [3.8, 4) is 0 Å². The number of nitrogens with one attached hydrogen (secondary N) is 2. The van der Waals surface area contributed by atoms with Crippen LogP contribution in [0.15, 0.2) is 47.5 Å². The Morgan fingerprint density at radius 1 is 1.00 bits per heavy atom. The van der Waals surface area contributed by atoms with Crippen LogP contribution in [-0.4, -0.2) is 38.5 Å². The van der Waals surface area contributed by atoms with E-state index in [1.54, 1.807) is 25.2 Å². The number of aliphatic imine (C=N–C) groups is 1. The Morgan fingerprint density at radius 3 is 2.42 bits per heavy atom. The number of hydrogen-bond acceptors (Lipinski definition) is 2. The monoisotopic (exact) mass is 360 g/mol. The summed E-state index contributed by atoms with van der Waals surface area (Å²) in [5.74, 6) is 0.228. The molecule has 140 valence electrons. The smallest absolute Gasteiger partial charge is 0.191 e. The first kappa shape index (κ1) is 19.8. The minimum Gasteiger partial charge on any atom is -0.356 e. The maximum atomic E-state index is 13.8. The molecule has 0 atom stereocenters. The van der Waals surface area contributed by atoms with E-state index < -0.39 is 0 Å². The first-order chi connectivity index (χ1) is 12.5. The molecule has 4 nitrogen and oxygen atoms in total. The molecule has 2 aromatic rings. The van der Waals surface area contributed by atoms with Gasteiger partial charge in [0.15, 0.2) is 5.96 Å². The van der Waals surface area contributed by atoms with Crippen molar-refractivity contribution in [3.05, 3.63) is 70.8 Å². The van der Waals surface area contributed by atoms with Gasteiger partial charge in [0.25, 0.3) is 0 Å². The maximum absolute atomic E-state index is 13.8. The molecule has 2 rings (SSSR count). The Balaban J connectivity index is 1.86. The van der Waals surface area contributed by atoms with E-state index in [9.17, 15) is 8.78 Å². The van der Waals surface area contributed by atoms with Crippen molar-refractivity contribution in [2.24, 2.45) is 4.99 Å². The Morgan fingerprint density at radius 2 is 1.73 bits per heavy atom. The lowest BCUT2D eigenvalue weighted by atomic mass is 10.1. The van der Waals surface area contributed by atoms with Gasteiger partial charge >= 0.3 is 0 Å². The molecule has 0 radical (unpaired) electrons. The first-order valence-corrected chi connectivity index (χ1v) is 8.59. The van der Waals surface area contributed by atoms with Crippen LogP contribution in [0.3, 0.4) is 0 Å². The molecule has 2 N–H and O–H groups in total. The number of halogens is 2. The molecule has 0 amide bonds. The zero-order chi connectivity index (χ0) is 18.9. The molecule has 2 aromatic carbocycles.